The van der Waals surface area contributed by atoms with Crippen molar-refractivity contribution in [3.63, 3.8) is 0 Å². The van der Waals surface area contributed by atoms with Crippen LogP contribution in [0.2, 0.25) is 0 Å². The summed E-state index contributed by atoms with van der Waals surface area (Å²) in [7, 11) is 1.66. The maximum absolute atomic E-state index is 5.08. The molecular formula is C11H12N2OS. The molecule has 1 aliphatic rings. The second-order valence-electron chi connectivity index (χ2n) is 3.31. The Morgan fingerprint density at radius 2 is 2.13 bits per heavy atom. The van der Waals surface area contributed by atoms with Crippen molar-refractivity contribution >= 4 is 23.9 Å². The summed E-state index contributed by atoms with van der Waals surface area (Å²) in [4.78, 5) is 0. The monoisotopic (exact) mass is 220 g/mol. The van der Waals surface area contributed by atoms with E-state index in [0.717, 1.165) is 29.3 Å². The molecule has 0 amide bonds. The average Bonchev–Trinajstić information content (AvgIpc) is 2.65. The highest BCUT2D eigenvalue weighted by Gasteiger charge is 2.09. The molecule has 0 fully saturated rings. The minimum Gasteiger partial charge on any atom is -0.759 e. The lowest BCUT2D eigenvalue weighted by molar-refractivity contribution is -0.517. The van der Waals surface area contributed by atoms with Crippen molar-refractivity contribution in [1.29, 1.82) is 0 Å². The molecule has 0 radical (unpaired) electrons. The van der Waals surface area contributed by atoms with Gasteiger partial charge in [-0.05, 0) is 34.4 Å². The van der Waals surface area contributed by atoms with E-state index in [9.17, 15) is 0 Å². The number of benzene rings is 1. The van der Waals surface area contributed by atoms with Crippen molar-refractivity contribution in [2.75, 3.05) is 13.7 Å². The first-order valence-electron chi connectivity index (χ1n) is 4.78. The predicted octanol–water partition coefficient (Wildman–Crippen LogP) is 1.39. The molecule has 1 aliphatic heterocycles. The van der Waals surface area contributed by atoms with Crippen LogP contribution in [0.4, 0.5) is 0 Å². The van der Waals surface area contributed by atoms with Gasteiger partial charge in [0, 0.05) is 12.0 Å². The summed E-state index contributed by atoms with van der Waals surface area (Å²) in [5.74, 6) is 0.862. The molecule has 15 heavy (non-hydrogen) atoms. The van der Waals surface area contributed by atoms with Gasteiger partial charge in [-0.15, -0.1) is 0 Å². The van der Waals surface area contributed by atoms with Crippen molar-refractivity contribution in [2.45, 2.75) is 6.42 Å². The Kier molecular flexibility index (Phi) is 2.97. The molecular weight excluding hydrogens is 208 g/mol. The van der Waals surface area contributed by atoms with Gasteiger partial charge in [0.1, 0.15) is 5.75 Å². The second-order valence-corrected chi connectivity index (χ2v) is 3.78. The van der Waals surface area contributed by atoms with E-state index in [1.165, 1.54) is 0 Å². The van der Waals surface area contributed by atoms with Crippen molar-refractivity contribution < 1.29 is 9.42 Å². The van der Waals surface area contributed by atoms with E-state index >= 15 is 0 Å². The Balaban J connectivity index is 2.17. The van der Waals surface area contributed by atoms with Crippen molar-refractivity contribution in [3.8, 4) is 5.75 Å². The summed E-state index contributed by atoms with van der Waals surface area (Å²) < 4.78 is 6.96. The lowest BCUT2D eigenvalue weighted by atomic mass is 10.2. The number of hydrazone groups is 1. The fraction of sp³-hybridized carbons (Fsp3) is 0.273. The van der Waals surface area contributed by atoms with Crippen molar-refractivity contribution in [2.24, 2.45) is 5.10 Å². The Labute approximate surface area is 94.5 Å². The molecule has 78 valence electrons. The van der Waals surface area contributed by atoms with Crippen LogP contribution in [0.1, 0.15) is 12.0 Å². The van der Waals surface area contributed by atoms with E-state index in [4.69, 9.17) is 17.4 Å². The maximum atomic E-state index is 5.08. The first-order valence-corrected chi connectivity index (χ1v) is 5.19. The van der Waals surface area contributed by atoms with E-state index in [1.54, 1.807) is 7.11 Å². The fourth-order valence-electron chi connectivity index (χ4n) is 1.41. The van der Waals surface area contributed by atoms with Crippen LogP contribution in [0.5, 0.6) is 5.75 Å². The van der Waals surface area contributed by atoms with Crippen LogP contribution in [0.3, 0.4) is 0 Å². The zero-order chi connectivity index (χ0) is 10.7. The van der Waals surface area contributed by atoms with Crippen LogP contribution < -0.4 is 4.74 Å². The number of hydrogen-bond donors (Lipinski definition) is 0. The lowest BCUT2D eigenvalue weighted by Crippen LogP contribution is -2.02. The van der Waals surface area contributed by atoms with Gasteiger partial charge in [-0.3, -0.25) is 0 Å². The quantitative estimate of drug-likeness (QED) is 0.556. The third kappa shape index (κ3) is 2.53. The first-order chi connectivity index (χ1) is 7.28. The SMILES string of the molecule is COc1ccc(/C=[N+]2\CCC([S-])=N2)cc1. The van der Waals surface area contributed by atoms with E-state index in [1.807, 2.05) is 35.2 Å². The van der Waals surface area contributed by atoms with Crippen LogP contribution in [0.15, 0.2) is 29.4 Å². The molecule has 1 aromatic rings. The molecule has 0 N–H and O–H groups in total. The molecule has 0 saturated heterocycles. The van der Waals surface area contributed by atoms with Crippen LogP contribution >= 0.6 is 0 Å². The van der Waals surface area contributed by atoms with Crippen LogP contribution in [-0.2, 0) is 12.6 Å². The molecule has 0 aromatic heterocycles. The van der Waals surface area contributed by atoms with Gasteiger partial charge < -0.3 is 17.4 Å². The molecule has 1 aromatic carbocycles. The number of hydrogen-bond acceptors (Lipinski definition) is 3. The van der Waals surface area contributed by atoms with Crippen LogP contribution in [0.25, 0.3) is 0 Å². The normalized spacial score (nSPS) is 17.9. The molecule has 0 saturated carbocycles. The highest BCUT2D eigenvalue weighted by Crippen LogP contribution is 2.10. The molecule has 3 nitrogen and oxygen atoms in total. The summed E-state index contributed by atoms with van der Waals surface area (Å²) in [6, 6.07) is 7.85. The van der Waals surface area contributed by atoms with Gasteiger partial charge in [-0.2, -0.15) is 0 Å². The van der Waals surface area contributed by atoms with Gasteiger partial charge in [0.2, 0.25) is 6.21 Å². The minimum absolute atomic E-state index is 0.778. The first kappa shape index (κ1) is 10.1. The zero-order valence-electron chi connectivity index (χ0n) is 8.51. The Morgan fingerprint density at radius 3 is 2.67 bits per heavy atom. The molecule has 4 heteroatoms. The average molecular weight is 220 g/mol. The second kappa shape index (κ2) is 4.40. The van der Waals surface area contributed by atoms with Gasteiger partial charge >= 0.3 is 0 Å². The molecule has 0 unspecified atom stereocenters. The van der Waals surface area contributed by atoms with E-state index in [-0.39, 0.29) is 0 Å². The minimum atomic E-state index is 0.778. The maximum Gasteiger partial charge on any atom is 0.203 e. The summed E-state index contributed by atoms with van der Waals surface area (Å²) >= 11 is 5.00. The zero-order valence-corrected chi connectivity index (χ0v) is 9.33. The van der Waals surface area contributed by atoms with Crippen LogP contribution in [-0.4, -0.2) is 29.6 Å². The molecule has 1 heterocycles. The van der Waals surface area contributed by atoms with Gasteiger partial charge in [0.25, 0.3) is 0 Å². The highest BCUT2D eigenvalue weighted by atomic mass is 32.1. The largest absolute Gasteiger partial charge is 0.759 e. The smallest absolute Gasteiger partial charge is 0.203 e. The van der Waals surface area contributed by atoms with E-state index in [2.05, 4.69) is 5.10 Å². The Morgan fingerprint density at radius 1 is 1.40 bits per heavy atom. The molecule has 0 aliphatic carbocycles. The third-order valence-electron chi connectivity index (χ3n) is 2.21. The van der Waals surface area contributed by atoms with E-state index in [0.29, 0.717) is 0 Å². The third-order valence-corrected chi connectivity index (χ3v) is 2.49. The summed E-state index contributed by atoms with van der Waals surface area (Å²) in [5, 5.41) is 4.98. The van der Waals surface area contributed by atoms with Crippen LogP contribution in [0, 0.1) is 0 Å². The molecule has 0 atom stereocenters. The van der Waals surface area contributed by atoms with E-state index < -0.39 is 0 Å². The topological polar surface area (TPSA) is 24.6 Å². The molecule has 0 bridgehead atoms. The predicted molar refractivity (Wildman–Crippen MR) is 62.7 cm³/mol. The number of methoxy groups -OCH3 is 1. The summed E-state index contributed by atoms with van der Waals surface area (Å²) in [5.41, 5.74) is 1.10. The van der Waals surface area contributed by atoms with Crippen molar-refractivity contribution in [1.82, 2.24) is 0 Å². The Bertz CT molecular complexity index is 409. The summed E-state index contributed by atoms with van der Waals surface area (Å²) in [6.45, 7) is 0.880. The number of nitrogens with zero attached hydrogens (tertiary/aromatic N) is 2. The van der Waals surface area contributed by atoms with Gasteiger partial charge in [0.05, 0.1) is 7.11 Å². The molecule has 2 rings (SSSR count). The standard InChI is InChI=1S/C11H12N2OS/c1-14-10-4-2-9(3-5-10)8-13-7-6-11(15)12-13/h2-5,8H,6-7H2,1H3/b13-8+. The summed E-state index contributed by atoms with van der Waals surface area (Å²) in [6.07, 6.45) is 2.86. The number of ether oxygens (including phenoxy) is 1. The van der Waals surface area contributed by atoms with Crippen molar-refractivity contribution in [3.05, 3.63) is 29.8 Å². The highest BCUT2D eigenvalue weighted by molar-refractivity contribution is 7.77. The Hall–Kier alpha value is -1.42. The number of rotatable bonds is 2. The van der Waals surface area contributed by atoms with Gasteiger partial charge in [0.15, 0.2) is 6.54 Å². The fourth-order valence-corrected chi connectivity index (χ4v) is 1.61. The van der Waals surface area contributed by atoms with Gasteiger partial charge in [-0.1, -0.05) is 4.68 Å². The molecule has 0 spiro atoms. The van der Waals surface area contributed by atoms with Gasteiger partial charge in [-0.25, -0.2) is 0 Å². The lowest BCUT2D eigenvalue weighted by Gasteiger charge is -1.97.